The minimum atomic E-state index is 0.552. The molecule has 84 valence electrons. The summed E-state index contributed by atoms with van der Waals surface area (Å²) in [6.07, 6.45) is 0. The first kappa shape index (κ1) is 12.5. The van der Waals surface area contributed by atoms with E-state index in [2.05, 4.69) is 15.9 Å². The Morgan fingerprint density at radius 1 is 1.27 bits per heavy atom. The second kappa shape index (κ2) is 6.82. The van der Waals surface area contributed by atoms with Gasteiger partial charge in [-0.3, -0.25) is 0 Å². The quantitative estimate of drug-likeness (QED) is 0.808. The lowest BCUT2D eigenvalue weighted by molar-refractivity contribution is 0.105. The van der Waals surface area contributed by atoms with Crippen molar-refractivity contribution < 1.29 is 9.47 Å². The van der Waals surface area contributed by atoms with Gasteiger partial charge in [0.1, 0.15) is 12.4 Å². The van der Waals surface area contributed by atoms with Crippen LogP contribution in [0.1, 0.15) is 5.56 Å². The molecule has 0 bridgehead atoms. The molecule has 4 heteroatoms. The van der Waals surface area contributed by atoms with Gasteiger partial charge in [0.25, 0.3) is 0 Å². The lowest BCUT2D eigenvalue weighted by Crippen LogP contribution is -2.13. The van der Waals surface area contributed by atoms with Gasteiger partial charge in [-0.2, -0.15) is 0 Å². The molecule has 0 unspecified atom stereocenters. The first-order valence-electron chi connectivity index (χ1n) is 4.91. The summed E-state index contributed by atoms with van der Waals surface area (Å²) >= 11 is 3.40. The highest BCUT2D eigenvalue weighted by atomic mass is 79.9. The third-order valence-corrected chi connectivity index (χ3v) is 2.39. The average Bonchev–Trinajstić information content (AvgIpc) is 2.23. The van der Waals surface area contributed by atoms with Gasteiger partial charge < -0.3 is 15.2 Å². The molecule has 0 radical (unpaired) electrons. The molecule has 0 fully saturated rings. The highest BCUT2D eigenvalue weighted by Crippen LogP contribution is 2.22. The van der Waals surface area contributed by atoms with Crippen molar-refractivity contribution in [2.75, 3.05) is 26.4 Å². The fourth-order valence-electron chi connectivity index (χ4n) is 1.13. The molecule has 1 aromatic rings. The predicted octanol–water partition coefficient (Wildman–Crippen LogP) is 2.11. The largest absolute Gasteiger partial charge is 0.491 e. The van der Waals surface area contributed by atoms with Crippen molar-refractivity contribution in [1.29, 1.82) is 0 Å². The van der Waals surface area contributed by atoms with E-state index in [9.17, 15) is 0 Å². The molecular formula is C11H16BrNO2. The van der Waals surface area contributed by atoms with E-state index in [4.69, 9.17) is 15.2 Å². The Bertz CT molecular complexity index is 305. The average molecular weight is 274 g/mol. The number of benzene rings is 1. The topological polar surface area (TPSA) is 44.5 Å². The van der Waals surface area contributed by atoms with Gasteiger partial charge in [-0.15, -0.1) is 0 Å². The summed E-state index contributed by atoms with van der Waals surface area (Å²) in [5, 5.41) is 0. The molecule has 0 aromatic heterocycles. The van der Waals surface area contributed by atoms with E-state index in [0.717, 1.165) is 15.8 Å². The number of halogens is 1. The summed E-state index contributed by atoms with van der Waals surface area (Å²) < 4.78 is 11.8. The molecule has 0 atom stereocenters. The van der Waals surface area contributed by atoms with Gasteiger partial charge in [0.15, 0.2) is 0 Å². The van der Waals surface area contributed by atoms with E-state index in [0.29, 0.717) is 26.4 Å². The molecule has 0 spiro atoms. The zero-order valence-electron chi connectivity index (χ0n) is 8.83. The molecule has 0 heterocycles. The van der Waals surface area contributed by atoms with Gasteiger partial charge in [0.05, 0.1) is 13.2 Å². The molecule has 1 rings (SSSR count). The van der Waals surface area contributed by atoms with Gasteiger partial charge in [-0.05, 0) is 24.6 Å². The standard InChI is InChI=1S/C11H16BrNO2/c1-9-2-3-10(12)8-11(9)15-7-6-14-5-4-13/h2-3,8H,4-7,13H2,1H3. The second-order valence-corrected chi connectivity index (χ2v) is 4.08. The number of hydrogen-bond acceptors (Lipinski definition) is 3. The number of rotatable bonds is 6. The summed E-state index contributed by atoms with van der Waals surface area (Å²) in [5.74, 6) is 0.890. The Kier molecular flexibility index (Phi) is 5.68. The minimum Gasteiger partial charge on any atom is -0.491 e. The van der Waals surface area contributed by atoms with E-state index < -0.39 is 0 Å². The van der Waals surface area contributed by atoms with Crippen LogP contribution in [-0.4, -0.2) is 26.4 Å². The Morgan fingerprint density at radius 2 is 2.07 bits per heavy atom. The summed E-state index contributed by atoms with van der Waals surface area (Å²) in [4.78, 5) is 0. The van der Waals surface area contributed by atoms with Crippen LogP contribution in [0, 0.1) is 6.92 Å². The third-order valence-electron chi connectivity index (χ3n) is 1.90. The van der Waals surface area contributed by atoms with Gasteiger partial charge in [-0.25, -0.2) is 0 Å². The van der Waals surface area contributed by atoms with Crippen LogP contribution in [-0.2, 0) is 4.74 Å². The maximum Gasteiger partial charge on any atom is 0.123 e. The Balaban J connectivity index is 2.33. The predicted molar refractivity (Wildman–Crippen MR) is 64.2 cm³/mol. The van der Waals surface area contributed by atoms with Crippen LogP contribution in [0.15, 0.2) is 22.7 Å². The normalized spacial score (nSPS) is 10.3. The van der Waals surface area contributed by atoms with E-state index in [1.807, 2.05) is 25.1 Å². The van der Waals surface area contributed by atoms with Crippen molar-refractivity contribution in [2.24, 2.45) is 5.73 Å². The molecule has 3 nitrogen and oxygen atoms in total. The monoisotopic (exact) mass is 273 g/mol. The first-order valence-corrected chi connectivity index (χ1v) is 5.70. The number of nitrogens with two attached hydrogens (primary N) is 1. The van der Waals surface area contributed by atoms with Crippen molar-refractivity contribution in [3.05, 3.63) is 28.2 Å². The SMILES string of the molecule is Cc1ccc(Br)cc1OCCOCCN. The lowest BCUT2D eigenvalue weighted by atomic mass is 10.2. The van der Waals surface area contributed by atoms with Crippen molar-refractivity contribution in [3.8, 4) is 5.75 Å². The highest BCUT2D eigenvalue weighted by Gasteiger charge is 1.99. The first-order chi connectivity index (χ1) is 7.24. The van der Waals surface area contributed by atoms with Crippen LogP contribution in [0.4, 0.5) is 0 Å². The van der Waals surface area contributed by atoms with Crippen LogP contribution in [0.5, 0.6) is 5.75 Å². The summed E-state index contributed by atoms with van der Waals surface area (Å²) in [5.41, 5.74) is 6.42. The van der Waals surface area contributed by atoms with Crippen LogP contribution < -0.4 is 10.5 Å². The van der Waals surface area contributed by atoms with E-state index in [1.165, 1.54) is 0 Å². The van der Waals surface area contributed by atoms with Crippen molar-refractivity contribution >= 4 is 15.9 Å². The smallest absolute Gasteiger partial charge is 0.123 e. The second-order valence-electron chi connectivity index (χ2n) is 3.16. The molecule has 0 saturated heterocycles. The summed E-state index contributed by atoms with van der Waals surface area (Å²) in [7, 11) is 0. The maximum atomic E-state index is 5.57. The van der Waals surface area contributed by atoms with E-state index >= 15 is 0 Å². The highest BCUT2D eigenvalue weighted by molar-refractivity contribution is 9.10. The molecular weight excluding hydrogens is 258 g/mol. The fourth-order valence-corrected chi connectivity index (χ4v) is 1.47. The summed E-state index contributed by atoms with van der Waals surface area (Å²) in [6, 6.07) is 5.96. The number of aryl methyl sites for hydroxylation is 1. The molecule has 0 aliphatic rings. The molecule has 0 saturated carbocycles. The van der Waals surface area contributed by atoms with Gasteiger partial charge in [-0.1, -0.05) is 22.0 Å². The zero-order chi connectivity index (χ0) is 11.1. The molecule has 0 aliphatic carbocycles. The van der Waals surface area contributed by atoms with E-state index in [-0.39, 0.29) is 0 Å². The third kappa shape index (κ3) is 4.64. The molecule has 0 amide bonds. The molecule has 15 heavy (non-hydrogen) atoms. The molecule has 2 N–H and O–H groups in total. The van der Waals surface area contributed by atoms with Crippen LogP contribution in [0.2, 0.25) is 0 Å². The lowest BCUT2D eigenvalue weighted by Gasteiger charge is -2.09. The van der Waals surface area contributed by atoms with Gasteiger partial charge in [0, 0.05) is 11.0 Å². The van der Waals surface area contributed by atoms with Gasteiger partial charge >= 0.3 is 0 Å². The summed E-state index contributed by atoms with van der Waals surface area (Å²) in [6.45, 7) is 4.28. The Hall–Kier alpha value is -0.580. The minimum absolute atomic E-state index is 0.552. The Morgan fingerprint density at radius 3 is 2.80 bits per heavy atom. The maximum absolute atomic E-state index is 5.57. The molecule has 0 aliphatic heterocycles. The number of hydrogen-bond donors (Lipinski definition) is 1. The van der Waals surface area contributed by atoms with Crippen LogP contribution in [0.25, 0.3) is 0 Å². The van der Waals surface area contributed by atoms with Crippen LogP contribution >= 0.6 is 15.9 Å². The van der Waals surface area contributed by atoms with Crippen molar-refractivity contribution in [2.45, 2.75) is 6.92 Å². The van der Waals surface area contributed by atoms with Gasteiger partial charge in [0.2, 0.25) is 0 Å². The van der Waals surface area contributed by atoms with Crippen molar-refractivity contribution in [1.82, 2.24) is 0 Å². The zero-order valence-corrected chi connectivity index (χ0v) is 10.4. The Labute approximate surface area is 98.7 Å². The van der Waals surface area contributed by atoms with Crippen LogP contribution in [0.3, 0.4) is 0 Å². The molecule has 1 aromatic carbocycles. The number of ether oxygens (including phenoxy) is 2. The van der Waals surface area contributed by atoms with Crippen molar-refractivity contribution in [3.63, 3.8) is 0 Å². The van der Waals surface area contributed by atoms with E-state index in [1.54, 1.807) is 0 Å². The fraction of sp³-hybridized carbons (Fsp3) is 0.455.